The van der Waals surface area contributed by atoms with Gasteiger partial charge in [-0.3, -0.25) is 0 Å². The Balaban J connectivity index is 2.01. The predicted octanol–water partition coefficient (Wildman–Crippen LogP) is 1.61. The highest BCUT2D eigenvalue weighted by Gasteiger charge is 2.21. The molecule has 1 fully saturated rings. The Labute approximate surface area is 139 Å². The van der Waals surface area contributed by atoms with Gasteiger partial charge in [0.25, 0.3) is 0 Å². The standard InChI is InChI=1S/C16H27N3O3S/c1-13(2)7-8-18-23(21,22)15-5-6-16(17-10-15)19-9-3-4-14(11-19)12-20/h5-6,10,13-14,18,20H,3-4,7-9,11-12H2,1-2H3/t14-/m0/s1. The van der Waals surface area contributed by atoms with Crippen LogP contribution in [0.25, 0.3) is 0 Å². The van der Waals surface area contributed by atoms with Crippen molar-refractivity contribution in [2.75, 3.05) is 31.1 Å². The molecule has 23 heavy (non-hydrogen) atoms. The lowest BCUT2D eigenvalue weighted by Crippen LogP contribution is -2.37. The van der Waals surface area contributed by atoms with Gasteiger partial charge in [0, 0.05) is 32.4 Å². The molecule has 0 bridgehead atoms. The molecular weight excluding hydrogens is 314 g/mol. The molecule has 2 rings (SSSR count). The van der Waals surface area contributed by atoms with E-state index in [1.807, 2.05) is 0 Å². The molecule has 0 aliphatic carbocycles. The Morgan fingerprint density at radius 3 is 2.83 bits per heavy atom. The third-order valence-corrected chi connectivity index (χ3v) is 5.59. The number of nitrogens with zero attached hydrogens (tertiary/aromatic N) is 2. The number of sulfonamides is 1. The first-order valence-corrected chi connectivity index (χ1v) is 9.72. The fourth-order valence-corrected chi connectivity index (χ4v) is 3.70. The zero-order chi connectivity index (χ0) is 16.9. The minimum Gasteiger partial charge on any atom is -0.396 e. The van der Waals surface area contributed by atoms with E-state index in [1.165, 1.54) is 6.20 Å². The lowest BCUT2D eigenvalue weighted by molar-refractivity contribution is 0.208. The zero-order valence-corrected chi connectivity index (χ0v) is 14.7. The number of piperidine rings is 1. The van der Waals surface area contributed by atoms with E-state index in [-0.39, 0.29) is 17.4 Å². The van der Waals surface area contributed by atoms with Crippen LogP contribution in [0.3, 0.4) is 0 Å². The Morgan fingerprint density at radius 1 is 1.43 bits per heavy atom. The molecule has 2 heterocycles. The highest BCUT2D eigenvalue weighted by atomic mass is 32.2. The van der Waals surface area contributed by atoms with E-state index >= 15 is 0 Å². The van der Waals surface area contributed by atoms with E-state index in [0.717, 1.165) is 38.2 Å². The van der Waals surface area contributed by atoms with Gasteiger partial charge in [-0.1, -0.05) is 13.8 Å². The fraction of sp³-hybridized carbons (Fsp3) is 0.688. The van der Waals surface area contributed by atoms with Crippen LogP contribution in [-0.4, -0.2) is 44.7 Å². The number of nitrogens with one attached hydrogen (secondary N) is 1. The quantitative estimate of drug-likeness (QED) is 0.787. The van der Waals surface area contributed by atoms with E-state index in [9.17, 15) is 13.5 Å². The second-order valence-corrected chi connectivity index (χ2v) is 8.34. The van der Waals surface area contributed by atoms with Crippen molar-refractivity contribution in [3.8, 4) is 0 Å². The summed E-state index contributed by atoms with van der Waals surface area (Å²) < 4.78 is 27.0. The number of aliphatic hydroxyl groups excluding tert-OH is 1. The number of aromatic nitrogens is 1. The third kappa shape index (κ3) is 5.16. The van der Waals surface area contributed by atoms with Crippen molar-refractivity contribution in [3.63, 3.8) is 0 Å². The summed E-state index contributed by atoms with van der Waals surface area (Å²) >= 11 is 0. The largest absolute Gasteiger partial charge is 0.396 e. The molecule has 6 nitrogen and oxygen atoms in total. The third-order valence-electron chi connectivity index (χ3n) is 4.15. The molecule has 1 aromatic rings. The molecule has 1 saturated heterocycles. The number of anilines is 1. The average molecular weight is 341 g/mol. The van der Waals surface area contributed by atoms with Gasteiger partial charge >= 0.3 is 0 Å². The summed E-state index contributed by atoms with van der Waals surface area (Å²) in [6, 6.07) is 3.35. The summed E-state index contributed by atoms with van der Waals surface area (Å²) in [5.74, 6) is 1.49. The van der Waals surface area contributed by atoms with Crippen LogP contribution in [0.4, 0.5) is 5.82 Å². The minimum atomic E-state index is -3.49. The first-order chi connectivity index (χ1) is 10.9. The lowest BCUT2D eigenvalue weighted by atomic mass is 9.99. The van der Waals surface area contributed by atoms with Crippen LogP contribution < -0.4 is 9.62 Å². The molecule has 0 radical (unpaired) electrons. The van der Waals surface area contributed by atoms with Crippen molar-refractivity contribution in [3.05, 3.63) is 18.3 Å². The van der Waals surface area contributed by atoms with Crippen molar-refractivity contribution >= 4 is 15.8 Å². The van der Waals surface area contributed by atoms with Gasteiger partial charge in [-0.05, 0) is 43.2 Å². The summed E-state index contributed by atoms with van der Waals surface area (Å²) in [5, 5.41) is 9.29. The Hall–Kier alpha value is -1.18. The van der Waals surface area contributed by atoms with Crippen LogP contribution in [0.5, 0.6) is 0 Å². The van der Waals surface area contributed by atoms with Gasteiger partial charge in [-0.15, -0.1) is 0 Å². The molecule has 1 atom stereocenters. The second-order valence-electron chi connectivity index (χ2n) is 6.57. The van der Waals surface area contributed by atoms with Crippen LogP contribution in [0, 0.1) is 11.8 Å². The minimum absolute atomic E-state index is 0.183. The summed E-state index contributed by atoms with van der Waals surface area (Å²) in [4.78, 5) is 6.60. The van der Waals surface area contributed by atoms with Crippen LogP contribution in [0.15, 0.2) is 23.2 Å². The average Bonchev–Trinajstić information content (AvgIpc) is 2.54. The van der Waals surface area contributed by atoms with E-state index in [1.54, 1.807) is 12.1 Å². The molecule has 1 aromatic heterocycles. The molecule has 7 heteroatoms. The van der Waals surface area contributed by atoms with Gasteiger partial charge in [0.05, 0.1) is 0 Å². The summed E-state index contributed by atoms with van der Waals surface area (Å²) in [5.41, 5.74) is 0. The Bertz CT molecular complexity index is 587. The van der Waals surface area contributed by atoms with Crippen LogP contribution >= 0.6 is 0 Å². The normalized spacial score (nSPS) is 19.3. The monoisotopic (exact) mass is 341 g/mol. The van der Waals surface area contributed by atoms with Gasteiger partial charge < -0.3 is 10.0 Å². The summed E-state index contributed by atoms with van der Waals surface area (Å²) in [7, 11) is -3.49. The van der Waals surface area contributed by atoms with Gasteiger partial charge in [-0.2, -0.15) is 0 Å². The van der Waals surface area contributed by atoms with E-state index in [4.69, 9.17) is 0 Å². The predicted molar refractivity (Wildman–Crippen MR) is 90.9 cm³/mol. The van der Waals surface area contributed by atoms with E-state index in [0.29, 0.717) is 12.5 Å². The molecule has 1 aliphatic rings. The topological polar surface area (TPSA) is 82.5 Å². The van der Waals surface area contributed by atoms with Crippen LogP contribution in [0.2, 0.25) is 0 Å². The van der Waals surface area contributed by atoms with Crippen LogP contribution in [-0.2, 0) is 10.0 Å². The van der Waals surface area contributed by atoms with Crippen molar-refractivity contribution in [1.29, 1.82) is 0 Å². The van der Waals surface area contributed by atoms with Crippen molar-refractivity contribution in [1.82, 2.24) is 9.71 Å². The maximum atomic E-state index is 12.2. The summed E-state index contributed by atoms with van der Waals surface area (Å²) in [6.45, 7) is 6.39. The molecule has 0 amide bonds. The fourth-order valence-electron chi connectivity index (χ4n) is 2.71. The van der Waals surface area contributed by atoms with E-state index in [2.05, 4.69) is 28.5 Å². The first-order valence-electron chi connectivity index (χ1n) is 8.24. The van der Waals surface area contributed by atoms with Gasteiger partial charge in [-0.25, -0.2) is 18.1 Å². The van der Waals surface area contributed by atoms with Gasteiger partial charge in [0.15, 0.2) is 0 Å². The maximum Gasteiger partial charge on any atom is 0.242 e. The zero-order valence-electron chi connectivity index (χ0n) is 13.9. The highest BCUT2D eigenvalue weighted by molar-refractivity contribution is 7.89. The Morgan fingerprint density at radius 2 is 2.22 bits per heavy atom. The SMILES string of the molecule is CC(C)CCNS(=O)(=O)c1ccc(N2CCC[C@H](CO)C2)nc1. The smallest absolute Gasteiger partial charge is 0.242 e. The molecule has 130 valence electrons. The molecule has 0 saturated carbocycles. The number of hydrogen-bond acceptors (Lipinski definition) is 5. The van der Waals surface area contributed by atoms with Crippen LogP contribution in [0.1, 0.15) is 33.1 Å². The molecule has 1 aliphatic heterocycles. The highest BCUT2D eigenvalue weighted by Crippen LogP contribution is 2.22. The van der Waals surface area contributed by atoms with Crippen molar-refractivity contribution in [2.45, 2.75) is 38.0 Å². The second kappa shape index (κ2) is 8.08. The summed E-state index contributed by atoms with van der Waals surface area (Å²) in [6.07, 6.45) is 4.26. The van der Waals surface area contributed by atoms with Gasteiger partial charge in [0.1, 0.15) is 10.7 Å². The first kappa shape index (κ1) is 18.2. The number of aliphatic hydroxyl groups is 1. The molecule has 0 spiro atoms. The molecular formula is C16H27N3O3S. The van der Waals surface area contributed by atoms with Gasteiger partial charge in [0.2, 0.25) is 10.0 Å². The number of rotatable bonds is 7. The number of hydrogen-bond donors (Lipinski definition) is 2. The molecule has 0 aromatic carbocycles. The Kier molecular flexibility index (Phi) is 6.38. The molecule has 0 unspecified atom stereocenters. The lowest BCUT2D eigenvalue weighted by Gasteiger charge is -2.32. The van der Waals surface area contributed by atoms with Crippen molar-refractivity contribution in [2.24, 2.45) is 11.8 Å². The maximum absolute atomic E-state index is 12.2. The molecule has 2 N–H and O–H groups in total. The van der Waals surface area contributed by atoms with Crippen molar-refractivity contribution < 1.29 is 13.5 Å². The van der Waals surface area contributed by atoms with E-state index < -0.39 is 10.0 Å². The number of pyridine rings is 1.